The molecule has 21 heavy (non-hydrogen) atoms. The highest BCUT2D eigenvalue weighted by atomic mass is 19.1. The Kier molecular flexibility index (Phi) is 3.03. The number of aromatic nitrogens is 3. The summed E-state index contributed by atoms with van der Waals surface area (Å²) < 4.78 is 22.2. The molecule has 1 saturated heterocycles. The van der Waals surface area contributed by atoms with Gasteiger partial charge in [0.25, 0.3) is 0 Å². The van der Waals surface area contributed by atoms with Crippen molar-refractivity contribution in [2.75, 3.05) is 18.1 Å². The number of aliphatic hydroxyl groups excluding tert-OH is 1. The Morgan fingerprint density at radius 2 is 2.19 bits per heavy atom. The van der Waals surface area contributed by atoms with E-state index in [-0.39, 0.29) is 18.4 Å². The first kappa shape index (κ1) is 14.0. The Hall–Kier alpha value is -1.93. The predicted molar refractivity (Wildman–Crippen MR) is 75.2 cm³/mol. The van der Waals surface area contributed by atoms with Crippen LogP contribution in [0.4, 0.5) is 16.2 Å². The van der Waals surface area contributed by atoms with Crippen molar-refractivity contribution in [1.82, 2.24) is 14.6 Å². The van der Waals surface area contributed by atoms with E-state index < -0.39 is 23.8 Å². The van der Waals surface area contributed by atoms with E-state index in [4.69, 9.17) is 16.2 Å². The summed E-state index contributed by atoms with van der Waals surface area (Å²) >= 11 is 0. The van der Waals surface area contributed by atoms with Gasteiger partial charge in [0, 0.05) is 5.92 Å². The van der Waals surface area contributed by atoms with Crippen LogP contribution in [0, 0.1) is 5.92 Å². The molecule has 4 atom stereocenters. The first-order valence-corrected chi connectivity index (χ1v) is 6.72. The van der Waals surface area contributed by atoms with E-state index in [9.17, 15) is 5.11 Å². The van der Waals surface area contributed by atoms with Crippen LogP contribution in [0.15, 0.2) is 12.1 Å². The number of aliphatic hydroxyl groups is 1. The lowest BCUT2D eigenvalue weighted by atomic mass is 9.86. The zero-order chi connectivity index (χ0) is 15.4. The van der Waals surface area contributed by atoms with Crippen molar-refractivity contribution in [3.63, 3.8) is 0 Å². The highest BCUT2D eigenvalue weighted by molar-refractivity contribution is 5.67. The summed E-state index contributed by atoms with van der Waals surface area (Å²) in [7, 11) is 0. The fourth-order valence-electron chi connectivity index (χ4n) is 2.84. The van der Waals surface area contributed by atoms with Crippen LogP contribution in [-0.2, 0) is 4.74 Å². The summed E-state index contributed by atoms with van der Waals surface area (Å²) in [5.74, 6) is -0.226. The van der Waals surface area contributed by atoms with E-state index >= 15 is 4.39 Å². The van der Waals surface area contributed by atoms with Crippen molar-refractivity contribution in [1.29, 1.82) is 0 Å². The molecule has 0 aliphatic carbocycles. The van der Waals surface area contributed by atoms with Crippen molar-refractivity contribution in [3.05, 3.63) is 17.8 Å². The number of nitrogen functional groups attached to an aromatic ring is 2. The minimum atomic E-state index is -1.64. The number of hydrogen-bond acceptors (Lipinski definition) is 6. The summed E-state index contributed by atoms with van der Waals surface area (Å²) in [5.41, 5.74) is 10.8. The van der Waals surface area contributed by atoms with Crippen LogP contribution in [0.1, 0.15) is 25.6 Å². The van der Waals surface area contributed by atoms with E-state index in [1.807, 2.05) is 0 Å². The normalized spacial score (nSPS) is 32.9. The number of ether oxygens (including phenoxy) is 1. The number of hydrogen-bond donors (Lipinski definition) is 3. The molecule has 0 radical (unpaired) electrons. The monoisotopic (exact) mass is 295 g/mol. The molecular weight excluding hydrogens is 277 g/mol. The number of rotatable bonds is 2. The van der Waals surface area contributed by atoms with Crippen LogP contribution in [0.3, 0.4) is 0 Å². The zero-order valence-corrected chi connectivity index (χ0v) is 11.8. The summed E-state index contributed by atoms with van der Waals surface area (Å²) in [5, 5.41) is 13.4. The van der Waals surface area contributed by atoms with Gasteiger partial charge in [-0.2, -0.15) is 4.98 Å². The third-order valence-corrected chi connectivity index (χ3v) is 4.30. The van der Waals surface area contributed by atoms with Gasteiger partial charge in [-0.15, -0.1) is 5.10 Å². The molecule has 8 heteroatoms. The highest BCUT2D eigenvalue weighted by Gasteiger charge is 2.53. The Morgan fingerprint density at radius 3 is 2.81 bits per heavy atom. The van der Waals surface area contributed by atoms with Crippen molar-refractivity contribution in [2.24, 2.45) is 5.92 Å². The lowest BCUT2D eigenvalue weighted by Crippen LogP contribution is -2.32. The van der Waals surface area contributed by atoms with E-state index in [2.05, 4.69) is 10.1 Å². The summed E-state index contributed by atoms with van der Waals surface area (Å²) in [4.78, 5) is 3.87. The first-order chi connectivity index (χ1) is 9.86. The third-order valence-electron chi connectivity index (χ3n) is 4.30. The topological polar surface area (TPSA) is 112 Å². The highest BCUT2D eigenvalue weighted by Crippen LogP contribution is 2.48. The molecule has 1 fully saturated rings. The molecule has 2 aromatic rings. The minimum absolute atomic E-state index is 0.00256. The van der Waals surface area contributed by atoms with Gasteiger partial charge in [0.1, 0.15) is 17.3 Å². The van der Waals surface area contributed by atoms with Gasteiger partial charge in [0.15, 0.2) is 5.82 Å². The van der Waals surface area contributed by atoms with Gasteiger partial charge in [-0.05, 0) is 19.1 Å². The molecule has 3 rings (SSSR count). The molecule has 3 heterocycles. The van der Waals surface area contributed by atoms with E-state index in [0.29, 0.717) is 11.2 Å². The molecule has 0 bridgehead atoms. The summed E-state index contributed by atoms with van der Waals surface area (Å²) in [6, 6.07) is 3.38. The van der Waals surface area contributed by atoms with Gasteiger partial charge in [-0.3, -0.25) is 0 Å². The average Bonchev–Trinajstić information content (AvgIpc) is 2.91. The van der Waals surface area contributed by atoms with Crippen LogP contribution in [-0.4, -0.2) is 38.1 Å². The number of anilines is 2. The predicted octanol–water partition coefficient (Wildman–Crippen LogP) is 0.690. The number of halogens is 1. The molecule has 2 aromatic heterocycles. The smallest absolute Gasteiger partial charge is 0.240 e. The maximum Gasteiger partial charge on any atom is 0.240 e. The first-order valence-electron chi connectivity index (χ1n) is 6.72. The Labute approximate surface area is 120 Å². The molecule has 7 nitrogen and oxygen atoms in total. The summed E-state index contributed by atoms with van der Waals surface area (Å²) in [6.45, 7) is 2.94. The second kappa shape index (κ2) is 4.54. The SMILES string of the molecule is C[C@@H]1[C@@H](CO)O[C@@H](c2ccc3c(N)nc(N)nn23)[C@]1(C)F. The standard InChI is InChI=1S/C13H18FN5O2/c1-6-9(5-20)21-10(13(6,2)14)7-3-4-8-11(15)17-12(16)18-19(7)8/h3-4,6,9-10,20H,5H2,1-2H3,(H4,15,16,17,18)/t6-,9-,10+,13-/m1/s1. The number of nitrogens with two attached hydrogens (primary N) is 2. The number of nitrogens with zero attached hydrogens (tertiary/aromatic N) is 3. The van der Waals surface area contributed by atoms with Gasteiger partial charge >= 0.3 is 0 Å². The van der Waals surface area contributed by atoms with Crippen molar-refractivity contribution >= 4 is 17.3 Å². The van der Waals surface area contributed by atoms with Gasteiger partial charge in [-0.25, -0.2) is 8.91 Å². The molecule has 0 aromatic carbocycles. The second-order valence-electron chi connectivity index (χ2n) is 5.59. The summed E-state index contributed by atoms with van der Waals surface area (Å²) in [6.07, 6.45) is -1.42. The van der Waals surface area contributed by atoms with Crippen molar-refractivity contribution in [2.45, 2.75) is 31.7 Å². The molecule has 0 saturated carbocycles. The van der Waals surface area contributed by atoms with Crippen molar-refractivity contribution < 1.29 is 14.2 Å². The fraction of sp³-hybridized carbons (Fsp3) is 0.538. The number of alkyl halides is 1. The van der Waals surface area contributed by atoms with Gasteiger partial charge in [-0.1, -0.05) is 6.92 Å². The third kappa shape index (κ3) is 1.94. The average molecular weight is 295 g/mol. The molecule has 1 aliphatic rings. The molecular formula is C13H18FN5O2. The lowest BCUT2D eigenvalue weighted by Gasteiger charge is -2.24. The Morgan fingerprint density at radius 1 is 1.48 bits per heavy atom. The van der Waals surface area contributed by atoms with E-state index in [0.717, 1.165) is 0 Å². The Bertz CT molecular complexity index is 686. The quantitative estimate of drug-likeness (QED) is 0.751. The van der Waals surface area contributed by atoms with Crippen LogP contribution in [0.5, 0.6) is 0 Å². The van der Waals surface area contributed by atoms with Gasteiger partial charge < -0.3 is 21.3 Å². The molecule has 0 amide bonds. The lowest BCUT2D eigenvalue weighted by molar-refractivity contribution is -0.0200. The largest absolute Gasteiger partial charge is 0.394 e. The van der Waals surface area contributed by atoms with Crippen LogP contribution in [0.25, 0.3) is 5.52 Å². The van der Waals surface area contributed by atoms with Gasteiger partial charge in [0.05, 0.1) is 18.4 Å². The van der Waals surface area contributed by atoms with Gasteiger partial charge in [0.2, 0.25) is 5.95 Å². The Balaban J connectivity index is 2.13. The van der Waals surface area contributed by atoms with E-state index in [1.165, 1.54) is 11.4 Å². The molecule has 114 valence electrons. The van der Waals surface area contributed by atoms with Crippen LogP contribution >= 0.6 is 0 Å². The molecule has 5 N–H and O–H groups in total. The van der Waals surface area contributed by atoms with E-state index in [1.54, 1.807) is 19.1 Å². The van der Waals surface area contributed by atoms with Crippen molar-refractivity contribution in [3.8, 4) is 0 Å². The minimum Gasteiger partial charge on any atom is -0.394 e. The maximum atomic E-state index is 15.0. The molecule has 1 aliphatic heterocycles. The molecule has 0 spiro atoms. The van der Waals surface area contributed by atoms with Crippen LogP contribution in [0.2, 0.25) is 0 Å². The van der Waals surface area contributed by atoms with Crippen LogP contribution < -0.4 is 11.5 Å². The zero-order valence-electron chi connectivity index (χ0n) is 11.8. The maximum absolute atomic E-state index is 15.0. The molecule has 0 unspecified atom stereocenters. The number of fused-ring (bicyclic) bond motifs is 1. The second-order valence-corrected chi connectivity index (χ2v) is 5.59. The fourth-order valence-corrected chi connectivity index (χ4v) is 2.84.